The number of ether oxygens (including phenoxy) is 2. The van der Waals surface area contributed by atoms with Gasteiger partial charge < -0.3 is 19.7 Å². The number of aryl methyl sites for hydroxylation is 1. The summed E-state index contributed by atoms with van der Waals surface area (Å²) in [5.74, 6) is 1.37. The number of nitrogens with one attached hydrogen (secondary N) is 1. The molecule has 1 saturated heterocycles. The summed E-state index contributed by atoms with van der Waals surface area (Å²) >= 11 is 0. The van der Waals surface area contributed by atoms with Gasteiger partial charge in [-0.3, -0.25) is 9.69 Å². The van der Waals surface area contributed by atoms with E-state index in [0.717, 1.165) is 5.69 Å². The van der Waals surface area contributed by atoms with Crippen molar-refractivity contribution in [2.24, 2.45) is 0 Å². The van der Waals surface area contributed by atoms with Gasteiger partial charge in [0.1, 0.15) is 23.9 Å². The molecule has 2 aromatic rings. The van der Waals surface area contributed by atoms with Crippen molar-refractivity contribution in [1.82, 2.24) is 9.88 Å². The molecule has 0 atom stereocenters. The largest absolute Gasteiger partial charge is 0.497 e. The summed E-state index contributed by atoms with van der Waals surface area (Å²) in [5.41, 5.74) is 1.42. The SMILES string of the molecule is COc1ccc(OC)c(N2CCN(CC(=O)Nc3cccc(C)n3)C2=O)c1. The van der Waals surface area contributed by atoms with Crippen molar-refractivity contribution in [3.63, 3.8) is 0 Å². The lowest BCUT2D eigenvalue weighted by Gasteiger charge is -2.21. The number of methoxy groups -OCH3 is 2. The van der Waals surface area contributed by atoms with Gasteiger partial charge in [0.25, 0.3) is 0 Å². The average Bonchev–Trinajstić information content (AvgIpc) is 3.01. The van der Waals surface area contributed by atoms with Crippen molar-refractivity contribution in [2.45, 2.75) is 6.92 Å². The molecule has 8 heteroatoms. The van der Waals surface area contributed by atoms with Crippen LogP contribution in [-0.4, -0.2) is 55.7 Å². The maximum absolute atomic E-state index is 12.8. The van der Waals surface area contributed by atoms with Crippen LogP contribution >= 0.6 is 0 Å². The van der Waals surface area contributed by atoms with E-state index in [-0.39, 0.29) is 18.5 Å². The number of rotatable bonds is 6. The number of pyridine rings is 1. The van der Waals surface area contributed by atoms with E-state index in [0.29, 0.717) is 36.1 Å². The summed E-state index contributed by atoms with van der Waals surface area (Å²) in [4.78, 5) is 32.4. The van der Waals surface area contributed by atoms with E-state index >= 15 is 0 Å². The quantitative estimate of drug-likeness (QED) is 0.843. The smallest absolute Gasteiger partial charge is 0.325 e. The third-order valence-corrected chi connectivity index (χ3v) is 4.26. The molecule has 27 heavy (non-hydrogen) atoms. The van der Waals surface area contributed by atoms with Crippen molar-refractivity contribution >= 4 is 23.4 Å². The summed E-state index contributed by atoms with van der Waals surface area (Å²) < 4.78 is 10.6. The summed E-state index contributed by atoms with van der Waals surface area (Å²) in [6.07, 6.45) is 0. The molecular formula is C19H22N4O4. The Morgan fingerprint density at radius 1 is 1.19 bits per heavy atom. The predicted octanol–water partition coefficient (Wildman–Crippen LogP) is 2.29. The number of carbonyl (C=O) groups excluding carboxylic acids is 2. The molecule has 1 fully saturated rings. The van der Waals surface area contributed by atoms with Gasteiger partial charge in [-0.15, -0.1) is 0 Å². The van der Waals surface area contributed by atoms with Gasteiger partial charge in [-0.1, -0.05) is 6.07 Å². The minimum absolute atomic E-state index is 0.0444. The predicted molar refractivity (Wildman–Crippen MR) is 101 cm³/mol. The second-order valence-corrected chi connectivity index (χ2v) is 6.11. The molecular weight excluding hydrogens is 348 g/mol. The Balaban J connectivity index is 1.69. The fraction of sp³-hybridized carbons (Fsp3) is 0.316. The van der Waals surface area contributed by atoms with Gasteiger partial charge >= 0.3 is 6.03 Å². The standard InChI is InChI=1S/C19H22N4O4/c1-13-5-4-6-17(20-13)21-18(24)12-22-9-10-23(19(22)25)15-11-14(26-2)7-8-16(15)27-3/h4-8,11H,9-10,12H2,1-3H3,(H,20,21,24). The monoisotopic (exact) mass is 370 g/mol. The van der Waals surface area contributed by atoms with Gasteiger partial charge in [0.2, 0.25) is 5.91 Å². The molecule has 3 amide bonds. The number of urea groups is 1. The first-order chi connectivity index (χ1) is 13.0. The summed E-state index contributed by atoms with van der Waals surface area (Å²) in [6, 6.07) is 10.4. The van der Waals surface area contributed by atoms with Crippen LogP contribution in [0.3, 0.4) is 0 Å². The maximum Gasteiger partial charge on any atom is 0.325 e. The van der Waals surface area contributed by atoms with E-state index < -0.39 is 0 Å². The molecule has 8 nitrogen and oxygen atoms in total. The van der Waals surface area contributed by atoms with E-state index in [2.05, 4.69) is 10.3 Å². The Morgan fingerprint density at radius 2 is 2.00 bits per heavy atom. The van der Waals surface area contributed by atoms with Crippen LogP contribution in [0.1, 0.15) is 5.69 Å². The van der Waals surface area contributed by atoms with Crippen LogP contribution in [0.5, 0.6) is 11.5 Å². The minimum atomic E-state index is -0.291. The molecule has 1 aromatic heterocycles. The molecule has 0 saturated carbocycles. The van der Waals surface area contributed by atoms with Crippen LogP contribution < -0.4 is 19.7 Å². The zero-order valence-corrected chi connectivity index (χ0v) is 15.6. The topological polar surface area (TPSA) is 84.0 Å². The normalized spacial score (nSPS) is 13.7. The second-order valence-electron chi connectivity index (χ2n) is 6.11. The molecule has 0 bridgehead atoms. The van der Waals surface area contributed by atoms with Crippen molar-refractivity contribution < 1.29 is 19.1 Å². The van der Waals surface area contributed by atoms with Crippen molar-refractivity contribution in [3.8, 4) is 11.5 Å². The molecule has 0 radical (unpaired) electrons. The number of hydrogen-bond donors (Lipinski definition) is 1. The van der Waals surface area contributed by atoms with Gasteiger partial charge in [0, 0.05) is 24.8 Å². The van der Waals surface area contributed by atoms with Gasteiger partial charge in [-0.05, 0) is 31.2 Å². The van der Waals surface area contributed by atoms with Crippen LogP contribution in [0.25, 0.3) is 0 Å². The van der Waals surface area contributed by atoms with Crippen molar-refractivity contribution in [1.29, 1.82) is 0 Å². The maximum atomic E-state index is 12.8. The number of carbonyl (C=O) groups is 2. The molecule has 1 aliphatic rings. The van der Waals surface area contributed by atoms with Gasteiger partial charge in [0.05, 0.1) is 19.9 Å². The highest BCUT2D eigenvalue weighted by atomic mass is 16.5. The van der Waals surface area contributed by atoms with Crippen LogP contribution in [0.15, 0.2) is 36.4 Å². The highest BCUT2D eigenvalue weighted by Crippen LogP contribution is 2.34. The molecule has 0 spiro atoms. The van der Waals surface area contributed by atoms with Crippen LogP contribution in [-0.2, 0) is 4.79 Å². The molecule has 3 rings (SSSR count). The van der Waals surface area contributed by atoms with Crippen molar-refractivity contribution in [2.75, 3.05) is 44.1 Å². The number of nitrogens with zero attached hydrogens (tertiary/aromatic N) is 3. The van der Waals surface area contributed by atoms with Crippen LogP contribution in [0.4, 0.5) is 16.3 Å². The third kappa shape index (κ3) is 4.11. The summed E-state index contributed by atoms with van der Waals surface area (Å²) in [6.45, 7) is 2.70. The van der Waals surface area contributed by atoms with E-state index in [1.165, 1.54) is 4.90 Å². The van der Waals surface area contributed by atoms with E-state index in [1.807, 2.05) is 19.1 Å². The number of hydrogen-bond acceptors (Lipinski definition) is 5. The number of benzene rings is 1. The van der Waals surface area contributed by atoms with E-state index in [1.54, 1.807) is 43.4 Å². The zero-order chi connectivity index (χ0) is 19.4. The zero-order valence-electron chi connectivity index (χ0n) is 15.6. The lowest BCUT2D eigenvalue weighted by atomic mass is 10.2. The first-order valence-electron chi connectivity index (χ1n) is 8.54. The molecule has 0 aliphatic carbocycles. The fourth-order valence-corrected chi connectivity index (χ4v) is 2.93. The summed E-state index contributed by atoms with van der Waals surface area (Å²) in [5, 5.41) is 2.72. The number of aromatic nitrogens is 1. The molecule has 2 heterocycles. The second kappa shape index (κ2) is 7.94. The fourth-order valence-electron chi connectivity index (χ4n) is 2.93. The Morgan fingerprint density at radius 3 is 2.70 bits per heavy atom. The lowest BCUT2D eigenvalue weighted by molar-refractivity contribution is -0.116. The minimum Gasteiger partial charge on any atom is -0.497 e. The highest BCUT2D eigenvalue weighted by Gasteiger charge is 2.32. The molecule has 1 N–H and O–H groups in total. The molecule has 0 unspecified atom stereocenters. The Bertz CT molecular complexity index is 855. The van der Waals surface area contributed by atoms with Gasteiger partial charge in [0.15, 0.2) is 0 Å². The van der Waals surface area contributed by atoms with Crippen LogP contribution in [0.2, 0.25) is 0 Å². The molecule has 1 aliphatic heterocycles. The number of anilines is 2. The summed E-state index contributed by atoms with van der Waals surface area (Å²) in [7, 11) is 3.11. The Labute approximate surface area is 157 Å². The third-order valence-electron chi connectivity index (χ3n) is 4.26. The van der Waals surface area contributed by atoms with E-state index in [4.69, 9.17) is 9.47 Å². The Kier molecular flexibility index (Phi) is 5.44. The number of amides is 3. The first kappa shape index (κ1) is 18.5. The molecule has 1 aromatic carbocycles. The molecule has 142 valence electrons. The van der Waals surface area contributed by atoms with Gasteiger partial charge in [-0.25, -0.2) is 9.78 Å². The van der Waals surface area contributed by atoms with Gasteiger partial charge in [-0.2, -0.15) is 0 Å². The van der Waals surface area contributed by atoms with E-state index in [9.17, 15) is 9.59 Å². The first-order valence-corrected chi connectivity index (χ1v) is 8.54. The lowest BCUT2D eigenvalue weighted by Crippen LogP contribution is -2.37. The van der Waals surface area contributed by atoms with Crippen molar-refractivity contribution in [3.05, 3.63) is 42.1 Å². The van der Waals surface area contributed by atoms with Crippen LogP contribution in [0, 0.1) is 6.92 Å². The Hall–Kier alpha value is -3.29. The highest BCUT2D eigenvalue weighted by molar-refractivity contribution is 6.00. The average molecular weight is 370 g/mol.